The number of rotatable bonds is 5. The molecule has 6 heteroatoms. The minimum absolute atomic E-state index is 0.0960. The van der Waals surface area contributed by atoms with Crippen LogP contribution in [0.5, 0.6) is 0 Å². The van der Waals surface area contributed by atoms with Crippen molar-refractivity contribution in [2.24, 2.45) is 0 Å². The molecule has 1 aromatic heterocycles. The van der Waals surface area contributed by atoms with Gasteiger partial charge in [-0.15, -0.1) is 0 Å². The fourth-order valence-electron chi connectivity index (χ4n) is 1.14. The second-order valence-electron chi connectivity index (χ2n) is 3.22. The molecule has 0 N–H and O–H groups in total. The van der Waals surface area contributed by atoms with Gasteiger partial charge in [0.2, 0.25) is 0 Å². The van der Waals surface area contributed by atoms with Gasteiger partial charge in [-0.25, -0.2) is 0 Å². The molecule has 0 saturated heterocycles. The molecule has 0 aliphatic rings. The van der Waals surface area contributed by atoms with Crippen molar-refractivity contribution < 1.29 is 17.9 Å². The number of hydrogen-bond donors (Lipinski definition) is 0. The first-order chi connectivity index (χ1) is 6.99. The summed E-state index contributed by atoms with van der Waals surface area (Å²) in [6.07, 6.45) is -2.05. The van der Waals surface area contributed by atoms with Gasteiger partial charge < -0.3 is 4.74 Å². The van der Waals surface area contributed by atoms with Crippen LogP contribution >= 0.6 is 0 Å². The Morgan fingerprint density at radius 3 is 2.73 bits per heavy atom. The highest BCUT2D eigenvalue weighted by atomic mass is 19.4. The molecule has 0 aliphatic heterocycles. The monoisotopic (exact) mass is 222 g/mol. The third kappa shape index (κ3) is 4.83. The molecule has 1 rings (SSSR count). The van der Waals surface area contributed by atoms with Crippen LogP contribution in [0.4, 0.5) is 13.2 Å². The van der Waals surface area contributed by atoms with E-state index in [1.165, 1.54) is 0 Å². The molecule has 1 heterocycles. The molecule has 86 valence electrons. The smallest absolute Gasteiger partial charge is 0.372 e. The summed E-state index contributed by atoms with van der Waals surface area (Å²) in [7, 11) is 0. The molecule has 15 heavy (non-hydrogen) atoms. The Labute approximate surface area is 85.8 Å². The Morgan fingerprint density at radius 1 is 1.47 bits per heavy atom. The summed E-state index contributed by atoms with van der Waals surface area (Å²) in [5.74, 6) is 0. The largest absolute Gasteiger partial charge is 0.411 e. The third-order valence-electron chi connectivity index (χ3n) is 1.85. The van der Waals surface area contributed by atoms with E-state index in [9.17, 15) is 13.2 Å². The molecule has 0 amide bonds. The van der Waals surface area contributed by atoms with Crippen LogP contribution in [0, 0.1) is 6.92 Å². The normalized spacial score (nSPS) is 12.0. The van der Waals surface area contributed by atoms with Gasteiger partial charge in [0.25, 0.3) is 0 Å². The highest BCUT2D eigenvalue weighted by molar-refractivity contribution is 4.96. The fourth-order valence-corrected chi connectivity index (χ4v) is 1.14. The summed E-state index contributed by atoms with van der Waals surface area (Å²) in [6, 6.07) is 1.84. The topological polar surface area (TPSA) is 27.1 Å². The van der Waals surface area contributed by atoms with Gasteiger partial charge >= 0.3 is 6.18 Å². The Morgan fingerprint density at radius 2 is 2.20 bits per heavy atom. The minimum Gasteiger partial charge on any atom is -0.372 e. The minimum atomic E-state index is -4.23. The van der Waals surface area contributed by atoms with Crippen LogP contribution in [0.1, 0.15) is 12.1 Å². The maximum atomic E-state index is 11.7. The first kappa shape index (κ1) is 12.0. The molecule has 0 radical (unpaired) electrons. The van der Waals surface area contributed by atoms with Crippen LogP contribution < -0.4 is 0 Å². The summed E-state index contributed by atoms with van der Waals surface area (Å²) in [6.45, 7) is 1.39. The zero-order valence-corrected chi connectivity index (χ0v) is 8.42. The van der Waals surface area contributed by atoms with Gasteiger partial charge in [0.05, 0.1) is 0 Å². The van der Waals surface area contributed by atoms with Gasteiger partial charge in [0, 0.05) is 25.0 Å². The number of hydrogen-bond acceptors (Lipinski definition) is 2. The second kappa shape index (κ2) is 5.16. The van der Waals surface area contributed by atoms with Crippen LogP contribution in [0.3, 0.4) is 0 Å². The summed E-state index contributed by atoms with van der Waals surface area (Å²) >= 11 is 0. The van der Waals surface area contributed by atoms with Crippen LogP contribution in [-0.4, -0.2) is 29.2 Å². The average Bonchev–Trinajstić information content (AvgIpc) is 2.49. The summed E-state index contributed by atoms with van der Waals surface area (Å²) < 4.78 is 41.2. The lowest BCUT2D eigenvalue weighted by Gasteiger charge is -2.08. The van der Waals surface area contributed by atoms with E-state index in [2.05, 4.69) is 9.84 Å². The Balaban J connectivity index is 2.10. The first-order valence-electron chi connectivity index (χ1n) is 4.62. The van der Waals surface area contributed by atoms with Crippen molar-refractivity contribution in [3.63, 3.8) is 0 Å². The standard InChI is InChI=1S/C9H13F3N2O/c1-8-3-4-13-14(8)5-2-6-15-7-9(10,11)12/h3-4H,2,5-7H2,1H3. The lowest BCUT2D eigenvalue weighted by atomic mass is 10.4. The maximum absolute atomic E-state index is 11.7. The molecule has 0 spiro atoms. The van der Waals surface area contributed by atoms with Crippen LogP contribution in [0.2, 0.25) is 0 Å². The molecule has 0 saturated carbocycles. The van der Waals surface area contributed by atoms with E-state index in [1.807, 2.05) is 13.0 Å². The van der Waals surface area contributed by atoms with Gasteiger partial charge in [0.15, 0.2) is 0 Å². The Bertz CT molecular complexity index is 296. The van der Waals surface area contributed by atoms with E-state index in [0.717, 1.165) is 5.69 Å². The van der Waals surface area contributed by atoms with Crippen LogP contribution in [-0.2, 0) is 11.3 Å². The van der Waals surface area contributed by atoms with E-state index >= 15 is 0 Å². The van der Waals surface area contributed by atoms with Crippen molar-refractivity contribution in [3.8, 4) is 0 Å². The first-order valence-corrected chi connectivity index (χ1v) is 4.62. The third-order valence-corrected chi connectivity index (χ3v) is 1.85. The van der Waals surface area contributed by atoms with Crippen molar-refractivity contribution in [1.82, 2.24) is 9.78 Å². The van der Waals surface area contributed by atoms with Gasteiger partial charge in [-0.3, -0.25) is 4.68 Å². The summed E-state index contributed by atoms with van der Waals surface area (Å²) in [5.41, 5.74) is 0.992. The number of alkyl halides is 3. The quantitative estimate of drug-likeness (QED) is 0.714. The maximum Gasteiger partial charge on any atom is 0.411 e. The van der Waals surface area contributed by atoms with Crippen molar-refractivity contribution in [1.29, 1.82) is 0 Å². The van der Waals surface area contributed by atoms with E-state index in [4.69, 9.17) is 0 Å². The molecule has 1 aromatic rings. The highest BCUT2D eigenvalue weighted by Crippen LogP contribution is 2.14. The molecule has 0 aromatic carbocycles. The van der Waals surface area contributed by atoms with Crippen LogP contribution in [0.25, 0.3) is 0 Å². The summed E-state index contributed by atoms with van der Waals surface area (Å²) in [5, 5.41) is 4.00. The van der Waals surface area contributed by atoms with Crippen molar-refractivity contribution in [2.75, 3.05) is 13.2 Å². The number of nitrogens with zero attached hydrogens (tertiary/aromatic N) is 2. The van der Waals surface area contributed by atoms with Gasteiger partial charge in [-0.1, -0.05) is 0 Å². The lowest BCUT2D eigenvalue weighted by Crippen LogP contribution is -2.18. The molecular weight excluding hydrogens is 209 g/mol. The van der Waals surface area contributed by atoms with E-state index in [-0.39, 0.29) is 6.61 Å². The molecule has 0 fully saturated rings. The van der Waals surface area contributed by atoms with Gasteiger partial charge in [-0.2, -0.15) is 18.3 Å². The van der Waals surface area contributed by atoms with Crippen molar-refractivity contribution in [3.05, 3.63) is 18.0 Å². The van der Waals surface area contributed by atoms with E-state index in [0.29, 0.717) is 13.0 Å². The van der Waals surface area contributed by atoms with E-state index < -0.39 is 12.8 Å². The molecule has 0 atom stereocenters. The average molecular weight is 222 g/mol. The second-order valence-corrected chi connectivity index (χ2v) is 3.22. The molecule has 3 nitrogen and oxygen atoms in total. The molecule has 0 unspecified atom stereocenters. The number of aryl methyl sites for hydroxylation is 2. The molecule has 0 aliphatic carbocycles. The number of halogens is 3. The zero-order chi connectivity index (χ0) is 11.3. The van der Waals surface area contributed by atoms with Crippen molar-refractivity contribution in [2.45, 2.75) is 26.1 Å². The summed E-state index contributed by atoms with van der Waals surface area (Å²) in [4.78, 5) is 0. The van der Waals surface area contributed by atoms with Gasteiger partial charge in [0.1, 0.15) is 6.61 Å². The fraction of sp³-hybridized carbons (Fsp3) is 0.667. The molecule has 0 bridgehead atoms. The van der Waals surface area contributed by atoms with E-state index in [1.54, 1.807) is 10.9 Å². The molecular formula is C9H13F3N2O. The van der Waals surface area contributed by atoms with Crippen LogP contribution in [0.15, 0.2) is 12.3 Å². The predicted octanol–water partition coefficient (Wildman–Crippen LogP) is 2.16. The Kier molecular flexibility index (Phi) is 4.14. The number of ether oxygens (including phenoxy) is 1. The SMILES string of the molecule is Cc1ccnn1CCCOCC(F)(F)F. The Hall–Kier alpha value is -1.04. The zero-order valence-electron chi connectivity index (χ0n) is 8.42. The highest BCUT2D eigenvalue weighted by Gasteiger charge is 2.27. The predicted molar refractivity (Wildman–Crippen MR) is 48.5 cm³/mol. The number of aromatic nitrogens is 2. The van der Waals surface area contributed by atoms with Gasteiger partial charge in [-0.05, 0) is 19.4 Å². The van der Waals surface area contributed by atoms with Crippen molar-refractivity contribution >= 4 is 0 Å². The lowest BCUT2D eigenvalue weighted by molar-refractivity contribution is -0.174.